The summed E-state index contributed by atoms with van der Waals surface area (Å²) in [6.07, 6.45) is 2.09. The lowest BCUT2D eigenvalue weighted by Crippen LogP contribution is -2.39. The van der Waals surface area contributed by atoms with E-state index < -0.39 is 0 Å². The molecular weight excluding hydrogens is 385 g/mol. The molecule has 6 heteroatoms. The molecule has 0 unspecified atom stereocenters. The molecule has 1 heterocycles. The van der Waals surface area contributed by atoms with Crippen LogP contribution in [0.1, 0.15) is 24.0 Å². The van der Waals surface area contributed by atoms with Crippen LogP contribution in [0.2, 0.25) is 10.0 Å². The van der Waals surface area contributed by atoms with Crippen molar-refractivity contribution in [3.8, 4) is 5.75 Å². The Morgan fingerprint density at radius 2 is 2.00 bits per heavy atom. The first-order valence-electron chi connectivity index (χ1n) is 9.04. The maximum absolute atomic E-state index is 12.8. The van der Waals surface area contributed by atoms with Gasteiger partial charge < -0.3 is 14.4 Å². The van der Waals surface area contributed by atoms with Crippen LogP contribution in [0.5, 0.6) is 5.75 Å². The number of hydrogen-bond acceptors (Lipinski definition) is 3. The number of hydrogen-bond donors (Lipinski definition) is 0. The molecule has 0 aromatic heterocycles. The molecular formula is C21H23Cl2NO3. The van der Waals surface area contributed by atoms with Gasteiger partial charge in [-0.3, -0.25) is 4.79 Å². The molecule has 1 aliphatic rings. The molecule has 1 fully saturated rings. The van der Waals surface area contributed by atoms with Gasteiger partial charge in [-0.1, -0.05) is 35.3 Å². The average molecular weight is 408 g/mol. The highest BCUT2D eigenvalue weighted by Gasteiger charge is 2.23. The van der Waals surface area contributed by atoms with E-state index in [2.05, 4.69) is 0 Å². The van der Waals surface area contributed by atoms with Crippen molar-refractivity contribution in [1.82, 2.24) is 4.90 Å². The summed E-state index contributed by atoms with van der Waals surface area (Å²) in [6, 6.07) is 12.9. The van der Waals surface area contributed by atoms with Crippen LogP contribution in [0.15, 0.2) is 42.5 Å². The smallest absolute Gasteiger partial charge is 0.260 e. The number of amides is 1. The standard InChI is InChI=1S/C21H23Cl2NO3/c1-15-11-18(8-9-20(15)23)27-14-21(25)24(13-19-3-2-10-26-19)12-16-4-6-17(22)7-5-16/h4-9,11,19H,2-3,10,12-14H2,1H3/t19-/m1/s1. The predicted molar refractivity (Wildman–Crippen MR) is 108 cm³/mol. The average Bonchev–Trinajstić information content (AvgIpc) is 3.17. The summed E-state index contributed by atoms with van der Waals surface area (Å²) >= 11 is 12.0. The second-order valence-corrected chi connectivity index (χ2v) is 7.58. The Morgan fingerprint density at radius 3 is 2.67 bits per heavy atom. The van der Waals surface area contributed by atoms with E-state index in [9.17, 15) is 4.79 Å². The third kappa shape index (κ3) is 5.86. The Kier molecular flexibility index (Phi) is 7.00. The summed E-state index contributed by atoms with van der Waals surface area (Å²) in [5.41, 5.74) is 1.94. The summed E-state index contributed by atoms with van der Waals surface area (Å²) in [4.78, 5) is 14.6. The fourth-order valence-electron chi connectivity index (χ4n) is 3.04. The maximum Gasteiger partial charge on any atom is 0.260 e. The molecule has 0 saturated carbocycles. The van der Waals surface area contributed by atoms with E-state index in [1.165, 1.54) is 0 Å². The fraction of sp³-hybridized carbons (Fsp3) is 0.381. The normalized spacial score (nSPS) is 16.3. The van der Waals surface area contributed by atoms with Crippen molar-refractivity contribution in [3.05, 3.63) is 63.6 Å². The number of carbonyl (C=O) groups excluding carboxylic acids is 1. The Hall–Kier alpha value is -1.75. The van der Waals surface area contributed by atoms with E-state index >= 15 is 0 Å². The highest BCUT2D eigenvalue weighted by molar-refractivity contribution is 6.31. The van der Waals surface area contributed by atoms with Crippen LogP contribution in [0.3, 0.4) is 0 Å². The van der Waals surface area contributed by atoms with E-state index in [0.717, 1.165) is 30.6 Å². The first-order chi connectivity index (χ1) is 13.0. The van der Waals surface area contributed by atoms with Gasteiger partial charge >= 0.3 is 0 Å². The van der Waals surface area contributed by atoms with Gasteiger partial charge in [0.2, 0.25) is 0 Å². The minimum Gasteiger partial charge on any atom is -0.484 e. The van der Waals surface area contributed by atoms with Gasteiger partial charge in [-0.15, -0.1) is 0 Å². The zero-order valence-electron chi connectivity index (χ0n) is 15.3. The minimum absolute atomic E-state index is 0.0264. The Bertz CT molecular complexity index is 773. The van der Waals surface area contributed by atoms with E-state index in [4.69, 9.17) is 32.7 Å². The molecule has 2 aromatic rings. The van der Waals surface area contributed by atoms with Crippen LogP contribution in [0.25, 0.3) is 0 Å². The van der Waals surface area contributed by atoms with E-state index in [-0.39, 0.29) is 18.6 Å². The van der Waals surface area contributed by atoms with Gasteiger partial charge in [0.05, 0.1) is 6.10 Å². The fourth-order valence-corrected chi connectivity index (χ4v) is 3.29. The number of aryl methyl sites for hydroxylation is 1. The molecule has 3 rings (SSSR count). The van der Waals surface area contributed by atoms with Gasteiger partial charge in [-0.25, -0.2) is 0 Å². The van der Waals surface area contributed by atoms with Crippen molar-refractivity contribution >= 4 is 29.1 Å². The molecule has 0 N–H and O–H groups in total. The number of ether oxygens (including phenoxy) is 2. The molecule has 27 heavy (non-hydrogen) atoms. The lowest BCUT2D eigenvalue weighted by Gasteiger charge is -2.25. The highest BCUT2D eigenvalue weighted by atomic mass is 35.5. The van der Waals surface area contributed by atoms with Crippen LogP contribution >= 0.6 is 23.2 Å². The summed E-state index contributed by atoms with van der Waals surface area (Å²) < 4.78 is 11.4. The van der Waals surface area contributed by atoms with Crippen molar-refractivity contribution in [2.45, 2.75) is 32.4 Å². The molecule has 0 aliphatic carbocycles. The van der Waals surface area contributed by atoms with Gasteiger partial charge in [0, 0.05) is 29.7 Å². The summed E-state index contributed by atoms with van der Waals surface area (Å²) in [5.74, 6) is 0.557. The van der Waals surface area contributed by atoms with E-state index in [1.54, 1.807) is 17.0 Å². The number of rotatable bonds is 7. The zero-order valence-corrected chi connectivity index (χ0v) is 16.8. The molecule has 2 aromatic carbocycles. The van der Waals surface area contributed by atoms with Crippen LogP contribution in [-0.2, 0) is 16.1 Å². The Morgan fingerprint density at radius 1 is 1.22 bits per heavy atom. The van der Waals surface area contributed by atoms with Gasteiger partial charge in [0.25, 0.3) is 5.91 Å². The topological polar surface area (TPSA) is 38.8 Å². The van der Waals surface area contributed by atoms with Crippen molar-refractivity contribution in [2.75, 3.05) is 19.8 Å². The van der Waals surface area contributed by atoms with Crippen LogP contribution in [-0.4, -0.2) is 36.7 Å². The molecule has 144 valence electrons. The van der Waals surface area contributed by atoms with Crippen LogP contribution in [0, 0.1) is 6.92 Å². The molecule has 0 radical (unpaired) electrons. The van der Waals surface area contributed by atoms with Gasteiger partial charge in [-0.05, 0) is 61.2 Å². The van der Waals surface area contributed by atoms with Crippen molar-refractivity contribution in [1.29, 1.82) is 0 Å². The largest absolute Gasteiger partial charge is 0.484 e. The second-order valence-electron chi connectivity index (χ2n) is 6.74. The van der Waals surface area contributed by atoms with Gasteiger partial charge in [0.15, 0.2) is 6.61 Å². The number of nitrogens with zero attached hydrogens (tertiary/aromatic N) is 1. The zero-order chi connectivity index (χ0) is 19.2. The van der Waals surface area contributed by atoms with Gasteiger partial charge in [0.1, 0.15) is 5.75 Å². The highest BCUT2D eigenvalue weighted by Crippen LogP contribution is 2.21. The lowest BCUT2D eigenvalue weighted by molar-refractivity contribution is -0.135. The summed E-state index contributed by atoms with van der Waals surface area (Å²) in [6.45, 7) is 3.69. The molecule has 1 aliphatic heterocycles. The van der Waals surface area contributed by atoms with Crippen LogP contribution < -0.4 is 4.74 Å². The second kappa shape index (κ2) is 9.45. The Balaban J connectivity index is 1.65. The van der Waals surface area contributed by atoms with Crippen LogP contribution in [0.4, 0.5) is 0 Å². The predicted octanol–water partition coefficient (Wildman–Crippen LogP) is 4.89. The van der Waals surface area contributed by atoms with Crippen molar-refractivity contribution in [3.63, 3.8) is 0 Å². The summed E-state index contributed by atoms with van der Waals surface area (Å²) in [7, 11) is 0. The molecule has 4 nitrogen and oxygen atoms in total. The number of halogens is 2. The van der Waals surface area contributed by atoms with E-state index in [1.807, 2.05) is 37.3 Å². The third-order valence-corrected chi connectivity index (χ3v) is 5.26. The first kappa shape index (κ1) is 20.0. The maximum atomic E-state index is 12.8. The molecule has 0 spiro atoms. The number of benzene rings is 2. The van der Waals surface area contributed by atoms with Crippen molar-refractivity contribution < 1.29 is 14.3 Å². The first-order valence-corrected chi connectivity index (χ1v) is 9.79. The quantitative estimate of drug-likeness (QED) is 0.655. The third-order valence-electron chi connectivity index (χ3n) is 4.58. The van der Waals surface area contributed by atoms with Gasteiger partial charge in [-0.2, -0.15) is 0 Å². The summed E-state index contributed by atoms with van der Waals surface area (Å²) in [5, 5.41) is 1.36. The lowest BCUT2D eigenvalue weighted by atomic mass is 10.2. The molecule has 1 amide bonds. The molecule has 1 saturated heterocycles. The monoisotopic (exact) mass is 407 g/mol. The minimum atomic E-state index is -0.0759. The molecule has 1 atom stereocenters. The number of carbonyl (C=O) groups is 1. The molecule has 0 bridgehead atoms. The van der Waals surface area contributed by atoms with E-state index in [0.29, 0.717) is 28.9 Å². The van der Waals surface area contributed by atoms with Crippen molar-refractivity contribution in [2.24, 2.45) is 0 Å². The Labute approximate surface area is 170 Å². The SMILES string of the molecule is Cc1cc(OCC(=O)N(Cc2ccc(Cl)cc2)C[C@H]2CCCO2)ccc1Cl.